The number of benzene rings is 2. The maximum Gasteiger partial charge on any atom is 0.244 e. The molecule has 2 aromatic carbocycles. The number of nitrogens with zero attached hydrogens (tertiary/aromatic N) is 2. The van der Waals surface area contributed by atoms with Crippen LogP contribution in [0.5, 0.6) is 0 Å². The van der Waals surface area contributed by atoms with Crippen LogP contribution in [0.4, 0.5) is 10.1 Å². The fourth-order valence-electron chi connectivity index (χ4n) is 3.25. The van der Waals surface area contributed by atoms with Gasteiger partial charge in [0.25, 0.3) is 0 Å². The number of anilines is 1. The van der Waals surface area contributed by atoms with Crippen molar-refractivity contribution in [3.8, 4) is 0 Å². The molecule has 2 rings (SSSR count). The van der Waals surface area contributed by atoms with E-state index in [1.807, 2.05) is 30.3 Å². The number of halogens is 2. The average Bonchev–Trinajstić information content (AvgIpc) is 2.74. The van der Waals surface area contributed by atoms with Crippen LogP contribution in [0, 0.1) is 5.82 Å². The Morgan fingerprint density at radius 1 is 1.12 bits per heavy atom. The molecular formula is C22H27ClFN3O4S. The van der Waals surface area contributed by atoms with Crippen LogP contribution in [0.25, 0.3) is 0 Å². The van der Waals surface area contributed by atoms with Gasteiger partial charge in [-0.15, -0.1) is 0 Å². The van der Waals surface area contributed by atoms with Gasteiger partial charge in [-0.05, 0) is 37.1 Å². The molecule has 2 amide bonds. The van der Waals surface area contributed by atoms with Gasteiger partial charge in [0.1, 0.15) is 18.4 Å². The van der Waals surface area contributed by atoms with Gasteiger partial charge in [0.15, 0.2) is 0 Å². The molecule has 0 heterocycles. The van der Waals surface area contributed by atoms with Gasteiger partial charge in [-0.3, -0.25) is 13.9 Å². The fraction of sp³-hybridized carbons (Fsp3) is 0.364. The van der Waals surface area contributed by atoms with Gasteiger partial charge in [0.2, 0.25) is 21.8 Å². The number of amides is 2. The Kier molecular flexibility index (Phi) is 9.03. The average molecular weight is 484 g/mol. The summed E-state index contributed by atoms with van der Waals surface area (Å²) in [5, 5.41) is 2.46. The summed E-state index contributed by atoms with van der Waals surface area (Å²) in [7, 11) is -3.91. The lowest BCUT2D eigenvalue weighted by Gasteiger charge is -2.32. The SMILES string of the molecule is CCNC(=O)[C@@H](CC)N(Cc1ccccc1)C(=O)CN(c1ccc(F)c(Cl)c1)S(C)(=O)=O. The zero-order valence-electron chi connectivity index (χ0n) is 18.2. The third kappa shape index (κ3) is 6.67. The van der Waals surface area contributed by atoms with E-state index in [0.717, 1.165) is 28.3 Å². The molecule has 0 saturated carbocycles. The van der Waals surface area contributed by atoms with E-state index in [-0.39, 0.29) is 23.2 Å². The minimum atomic E-state index is -3.91. The molecule has 2 aromatic rings. The highest BCUT2D eigenvalue weighted by molar-refractivity contribution is 7.92. The molecule has 7 nitrogen and oxygen atoms in total. The van der Waals surface area contributed by atoms with E-state index in [1.54, 1.807) is 13.8 Å². The van der Waals surface area contributed by atoms with Gasteiger partial charge in [-0.2, -0.15) is 0 Å². The van der Waals surface area contributed by atoms with E-state index in [1.165, 1.54) is 11.0 Å². The molecule has 1 atom stereocenters. The summed E-state index contributed by atoms with van der Waals surface area (Å²) < 4.78 is 39.4. The van der Waals surface area contributed by atoms with Crippen LogP contribution in [0.3, 0.4) is 0 Å². The third-order valence-electron chi connectivity index (χ3n) is 4.80. The molecule has 0 saturated heterocycles. The summed E-state index contributed by atoms with van der Waals surface area (Å²) in [6.07, 6.45) is 1.28. The highest BCUT2D eigenvalue weighted by atomic mass is 35.5. The Hall–Kier alpha value is -2.65. The first-order chi connectivity index (χ1) is 15.1. The van der Waals surface area contributed by atoms with Crippen LogP contribution in [0.1, 0.15) is 25.8 Å². The van der Waals surface area contributed by atoms with E-state index in [9.17, 15) is 22.4 Å². The summed E-state index contributed by atoms with van der Waals surface area (Å²) in [6.45, 7) is 3.50. The minimum Gasteiger partial charge on any atom is -0.355 e. The topological polar surface area (TPSA) is 86.8 Å². The van der Waals surface area contributed by atoms with Crippen molar-refractivity contribution in [3.05, 3.63) is 64.9 Å². The first-order valence-electron chi connectivity index (χ1n) is 10.1. The molecule has 0 unspecified atom stereocenters. The number of carbonyl (C=O) groups is 2. The molecule has 0 aliphatic heterocycles. The van der Waals surface area contributed by atoms with Crippen molar-refractivity contribution in [1.82, 2.24) is 10.2 Å². The molecule has 0 aromatic heterocycles. The summed E-state index contributed by atoms with van der Waals surface area (Å²) in [4.78, 5) is 27.4. The first-order valence-corrected chi connectivity index (χ1v) is 12.3. The molecule has 174 valence electrons. The number of hydrogen-bond acceptors (Lipinski definition) is 4. The largest absolute Gasteiger partial charge is 0.355 e. The number of hydrogen-bond donors (Lipinski definition) is 1. The lowest BCUT2D eigenvalue weighted by Crippen LogP contribution is -2.52. The number of nitrogens with one attached hydrogen (secondary N) is 1. The third-order valence-corrected chi connectivity index (χ3v) is 6.23. The van der Waals surface area contributed by atoms with Crippen LogP contribution >= 0.6 is 11.6 Å². The van der Waals surface area contributed by atoms with Crippen molar-refractivity contribution < 1.29 is 22.4 Å². The van der Waals surface area contributed by atoms with Crippen LogP contribution in [-0.4, -0.2) is 50.5 Å². The zero-order valence-corrected chi connectivity index (χ0v) is 19.8. The standard InChI is InChI=1S/C22H27ClFN3O4S/c1-4-20(22(29)25-5-2)26(14-16-9-7-6-8-10-16)21(28)15-27(32(3,30)31)17-11-12-19(24)18(23)13-17/h6-13,20H,4-5,14-15H2,1-3H3,(H,25,29)/t20-/m1/s1. The Morgan fingerprint density at radius 2 is 1.78 bits per heavy atom. The smallest absolute Gasteiger partial charge is 0.244 e. The molecular weight excluding hydrogens is 457 g/mol. The molecule has 0 fully saturated rings. The summed E-state index contributed by atoms with van der Waals surface area (Å²) in [6, 6.07) is 11.7. The lowest BCUT2D eigenvalue weighted by atomic mass is 10.1. The highest BCUT2D eigenvalue weighted by Gasteiger charge is 2.31. The van der Waals surface area contributed by atoms with Crippen molar-refractivity contribution in [3.63, 3.8) is 0 Å². The molecule has 0 aliphatic rings. The highest BCUT2D eigenvalue weighted by Crippen LogP contribution is 2.25. The molecule has 0 spiro atoms. The zero-order chi connectivity index (χ0) is 23.9. The van der Waals surface area contributed by atoms with Gasteiger partial charge < -0.3 is 10.2 Å². The van der Waals surface area contributed by atoms with Crippen LogP contribution in [0.15, 0.2) is 48.5 Å². The Balaban J connectivity index is 2.42. The number of sulfonamides is 1. The maximum absolute atomic E-state index is 13.6. The van der Waals surface area contributed by atoms with Crippen molar-refractivity contribution in [2.45, 2.75) is 32.9 Å². The number of carbonyl (C=O) groups excluding carboxylic acids is 2. The molecule has 0 bridgehead atoms. The molecule has 1 N–H and O–H groups in total. The summed E-state index contributed by atoms with van der Waals surface area (Å²) >= 11 is 5.82. The fourth-order valence-corrected chi connectivity index (χ4v) is 4.26. The van der Waals surface area contributed by atoms with Crippen molar-refractivity contribution >= 4 is 39.1 Å². The van der Waals surface area contributed by atoms with E-state index in [0.29, 0.717) is 13.0 Å². The van der Waals surface area contributed by atoms with Crippen LogP contribution < -0.4 is 9.62 Å². The van der Waals surface area contributed by atoms with E-state index < -0.39 is 34.3 Å². The van der Waals surface area contributed by atoms with Crippen LogP contribution in [-0.2, 0) is 26.2 Å². The second-order valence-corrected chi connectivity index (χ2v) is 9.51. The second-order valence-electron chi connectivity index (χ2n) is 7.19. The van der Waals surface area contributed by atoms with Gasteiger partial charge >= 0.3 is 0 Å². The van der Waals surface area contributed by atoms with E-state index in [4.69, 9.17) is 11.6 Å². The summed E-state index contributed by atoms with van der Waals surface area (Å²) in [5.41, 5.74) is 0.845. The predicted octanol–water partition coefficient (Wildman–Crippen LogP) is 3.19. The quantitative estimate of drug-likeness (QED) is 0.562. The Labute approximate surface area is 193 Å². The van der Waals surface area contributed by atoms with E-state index in [2.05, 4.69) is 5.32 Å². The molecule has 10 heteroatoms. The van der Waals surface area contributed by atoms with Gasteiger partial charge in [0.05, 0.1) is 17.0 Å². The molecule has 32 heavy (non-hydrogen) atoms. The van der Waals surface area contributed by atoms with E-state index >= 15 is 0 Å². The second kappa shape index (κ2) is 11.3. The maximum atomic E-state index is 13.6. The number of likely N-dealkylation sites (N-methyl/N-ethyl adjacent to an activating group) is 1. The normalized spacial score (nSPS) is 12.2. The Bertz CT molecular complexity index is 1050. The van der Waals surface area contributed by atoms with Gasteiger partial charge in [-0.1, -0.05) is 48.9 Å². The van der Waals surface area contributed by atoms with Gasteiger partial charge in [0, 0.05) is 13.1 Å². The minimum absolute atomic E-state index is 0.0537. The lowest BCUT2D eigenvalue weighted by molar-refractivity contribution is -0.140. The molecule has 0 aliphatic carbocycles. The monoisotopic (exact) mass is 483 g/mol. The molecule has 0 radical (unpaired) electrons. The van der Waals surface area contributed by atoms with Crippen molar-refractivity contribution in [2.24, 2.45) is 0 Å². The Morgan fingerprint density at radius 3 is 2.31 bits per heavy atom. The van der Waals surface area contributed by atoms with Crippen molar-refractivity contribution in [1.29, 1.82) is 0 Å². The number of rotatable bonds is 10. The first kappa shape index (κ1) is 25.6. The van der Waals surface area contributed by atoms with Crippen molar-refractivity contribution in [2.75, 3.05) is 23.7 Å². The predicted molar refractivity (Wildman–Crippen MR) is 123 cm³/mol. The van der Waals surface area contributed by atoms with Gasteiger partial charge in [-0.25, -0.2) is 12.8 Å². The van der Waals surface area contributed by atoms with Crippen LogP contribution in [0.2, 0.25) is 5.02 Å². The summed E-state index contributed by atoms with van der Waals surface area (Å²) in [5.74, 6) is -1.60.